The molecule has 2 rings (SSSR count). The first kappa shape index (κ1) is 12.7. The van der Waals surface area contributed by atoms with E-state index in [9.17, 15) is 0 Å². The average Bonchev–Trinajstić information content (AvgIpc) is 2.83. The molecule has 1 atom stereocenters. The van der Waals surface area contributed by atoms with Crippen molar-refractivity contribution in [3.05, 3.63) is 23.8 Å². The van der Waals surface area contributed by atoms with Crippen LogP contribution in [0.2, 0.25) is 0 Å². The van der Waals surface area contributed by atoms with Crippen molar-refractivity contribution in [3.8, 4) is 17.6 Å². The maximum absolute atomic E-state index is 8.98. The Balaban J connectivity index is 2.02. The van der Waals surface area contributed by atoms with E-state index in [1.165, 1.54) is 0 Å². The van der Waals surface area contributed by atoms with Crippen LogP contribution in [0, 0.1) is 16.7 Å². The molecule has 1 aliphatic heterocycles. The SMILES string of the molecule is CC(NCC(C)(C)C#N)c1ccc2c(c1)OCO2. The molecule has 0 saturated carbocycles. The van der Waals surface area contributed by atoms with Crippen LogP contribution in [0.5, 0.6) is 11.5 Å². The normalized spacial score (nSPS) is 15.2. The van der Waals surface area contributed by atoms with E-state index >= 15 is 0 Å². The molecule has 4 heteroatoms. The summed E-state index contributed by atoms with van der Waals surface area (Å²) in [5.74, 6) is 1.59. The van der Waals surface area contributed by atoms with Crippen molar-refractivity contribution in [1.29, 1.82) is 5.26 Å². The van der Waals surface area contributed by atoms with Crippen LogP contribution < -0.4 is 14.8 Å². The van der Waals surface area contributed by atoms with Gasteiger partial charge in [0.2, 0.25) is 6.79 Å². The molecule has 1 unspecified atom stereocenters. The number of fused-ring (bicyclic) bond motifs is 1. The molecule has 1 N–H and O–H groups in total. The lowest BCUT2D eigenvalue weighted by atomic mass is 9.95. The summed E-state index contributed by atoms with van der Waals surface area (Å²) in [6, 6.07) is 8.38. The quantitative estimate of drug-likeness (QED) is 0.887. The zero-order chi connectivity index (χ0) is 13.2. The van der Waals surface area contributed by atoms with Crippen LogP contribution in [0.15, 0.2) is 18.2 Å². The van der Waals surface area contributed by atoms with E-state index in [0.717, 1.165) is 17.1 Å². The Morgan fingerprint density at radius 1 is 1.39 bits per heavy atom. The van der Waals surface area contributed by atoms with Crippen molar-refractivity contribution < 1.29 is 9.47 Å². The molecule has 0 aromatic heterocycles. The van der Waals surface area contributed by atoms with Crippen LogP contribution >= 0.6 is 0 Å². The lowest BCUT2D eigenvalue weighted by molar-refractivity contribution is 0.174. The fraction of sp³-hybridized carbons (Fsp3) is 0.500. The van der Waals surface area contributed by atoms with Gasteiger partial charge in [-0.1, -0.05) is 6.07 Å². The lowest BCUT2D eigenvalue weighted by Gasteiger charge is -2.20. The fourth-order valence-corrected chi connectivity index (χ4v) is 1.75. The van der Waals surface area contributed by atoms with Gasteiger partial charge in [0.1, 0.15) is 0 Å². The second kappa shape index (κ2) is 4.87. The number of nitrogens with one attached hydrogen (secondary N) is 1. The Morgan fingerprint density at radius 3 is 2.83 bits per heavy atom. The third kappa shape index (κ3) is 2.74. The van der Waals surface area contributed by atoms with E-state index in [1.54, 1.807) is 0 Å². The molecule has 4 nitrogen and oxygen atoms in total. The molecular formula is C14H18N2O2. The molecular weight excluding hydrogens is 228 g/mol. The molecule has 0 spiro atoms. The van der Waals surface area contributed by atoms with E-state index in [4.69, 9.17) is 14.7 Å². The van der Waals surface area contributed by atoms with Gasteiger partial charge in [-0.3, -0.25) is 0 Å². The van der Waals surface area contributed by atoms with E-state index < -0.39 is 0 Å². The Labute approximate surface area is 108 Å². The van der Waals surface area contributed by atoms with E-state index in [0.29, 0.717) is 13.3 Å². The van der Waals surface area contributed by atoms with Crippen molar-refractivity contribution in [1.82, 2.24) is 5.32 Å². The van der Waals surface area contributed by atoms with Gasteiger partial charge >= 0.3 is 0 Å². The highest BCUT2D eigenvalue weighted by Crippen LogP contribution is 2.34. The molecule has 0 aliphatic carbocycles. The highest BCUT2D eigenvalue weighted by atomic mass is 16.7. The highest BCUT2D eigenvalue weighted by Gasteiger charge is 2.19. The van der Waals surface area contributed by atoms with Crippen LogP contribution in [0.4, 0.5) is 0 Å². The Kier molecular flexibility index (Phi) is 3.44. The number of rotatable bonds is 4. The maximum Gasteiger partial charge on any atom is 0.231 e. The summed E-state index contributed by atoms with van der Waals surface area (Å²) >= 11 is 0. The zero-order valence-corrected chi connectivity index (χ0v) is 11.0. The van der Waals surface area contributed by atoms with Gasteiger partial charge in [0.15, 0.2) is 11.5 Å². The molecule has 96 valence electrons. The largest absolute Gasteiger partial charge is 0.454 e. The number of ether oxygens (including phenoxy) is 2. The summed E-state index contributed by atoms with van der Waals surface area (Å²) in [4.78, 5) is 0. The van der Waals surface area contributed by atoms with Gasteiger partial charge in [-0.25, -0.2) is 0 Å². The van der Waals surface area contributed by atoms with Crippen molar-refractivity contribution in [2.24, 2.45) is 5.41 Å². The molecule has 1 aromatic rings. The topological polar surface area (TPSA) is 54.3 Å². The number of hydrogen-bond acceptors (Lipinski definition) is 4. The minimum absolute atomic E-state index is 0.173. The van der Waals surface area contributed by atoms with Gasteiger partial charge in [-0.05, 0) is 38.5 Å². The standard InChI is InChI=1S/C14H18N2O2/c1-10(16-8-14(2,3)7-15)11-4-5-12-13(6-11)18-9-17-12/h4-6,10,16H,8-9H2,1-3H3. The molecule has 1 aliphatic rings. The van der Waals surface area contributed by atoms with E-state index in [-0.39, 0.29) is 11.5 Å². The molecule has 0 amide bonds. The van der Waals surface area contributed by atoms with Gasteiger partial charge < -0.3 is 14.8 Å². The predicted molar refractivity (Wildman–Crippen MR) is 68.4 cm³/mol. The fourth-order valence-electron chi connectivity index (χ4n) is 1.75. The second-order valence-corrected chi connectivity index (χ2v) is 5.21. The first-order chi connectivity index (χ1) is 8.52. The molecule has 0 bridgehead atoms. The van der Waals surface area contributed by atoms with Crippen molar-refractivity contribution in [2.75, 3.05) is 13.3 Å². The van der Waals surface area contributed by atoms with Crippen LogP contribution in [0.3, 0.4) is 0 Å². The molecule has 0 fully saturated rings. The first-order valence-electron chi connectivity index (χ1n) is 6.06. The number of hydrogen-bond donors (Lipinski definition) is 1. The molecule has 18 heavy (non-hydrogen) atoms. The van der Waals surface area contributed by atoms with Crippen LogP contribution in [-0.2, 0) is 0 Å². The lowest BCUT2D eigenvalue weighted by Crippen LogP contribution is -2.30. The highest BCUT2D eigenvalue weighted by molar-refractivity contribution is 5.45. The third-order valence-electron chi connectivity index (χ3n) is 3.05. The molecule has 1 heterocycles. The van der Waals surface area contributed by atoms with Gasteiger partial charge in [0.25, 0.3) is 0 Å². The van der Waals surface area contributed by atoms with Crippen molar-refractivity contribution in [3.63, 3.8) is 0 Å². The Hall–Kier alpha value is -1.73. The summed E-state index contributed by atoms with van der Waals surface area (Å²) in [6.07, 6.45) is 0. The molecule has 0 radical (unpaired) electrons. The van der Waals surface area contributed by atoms with E-state index in [1.807, 2.05) is 32.0 Å². The number of nitrogens with zero attached hydrogens (tertiary/aromatic N) is 1. The summed E-state index contributed by atoms with van der Waals surface area (Å²) in [5.41, 5.74) is 0.776. The molecule has 1 aromatic carbocycles. The van der Waals surface area contributed by atoms with Crippen LogP contribution in [0.25, 0.3) is 0 Å². The number of benzene rings is 1. The Morgan fingerprint density at radius 2 is 2.11 bits per heavy atom. The average molecular weight is 246 g/mol. The van der Waals surface area contributed by atoms with E-state index in [2.05, 4.69) is 18.3 Å². The molecule has 0 saturated heterocycles. The number of nitriles is 1. The minimum Gasteiger partial charge on any atom is -0.454 e. The smallest absolute Gasteiger partial charge is 0.231 e. The van der Waals surface area contributed by atoms with Gasteiger partial charge in [-0.15, -0.1) is 0 Å². The van der Waals surface area contributed by atoms with Gasteiger partial charge in [-0.2, -0.15) is 5.26 Å². The van der Waals surface area contributed by atoms with Crippen molar-refractivity contribution >= 4 is 0 Å². The zero-order valence-electron chi connectivity index (χ0n) is 11.0. The maximum atomic E-state index is 8.98. The van der Waals surface area contributed by atoms with Crippen LogP contribution in [0.1, 0.15) is 32.4 Å². The van der Waals surface area contributed by atoms with Gasteiger partial charge in [0, 0.05) is 12.6 Å². The Bertz CT molecular complexity index is 477. The van der Waals surface area contributed by atoms with Crippen LogP contribution in [-0.4, -0.2) is 13.3 Å². The second-order valence-electron chi connectivity index (χ2n) is 5.21. The minimum atomic E-state index is -0.357. The summed E-state index contributed by atoms with van der Waals surface area (Å²) in [5, 5.41) is 12.3. The van der Waals surface area contributed by atoms with Crippen molar-refractivity contribution in [2.45, 2.75) is 26.8 Å². The predicted octanol–water partition coefficient (Wildman–Crippen LogP) is 2.62. The summed E-state index contributed by atoms with van der Waals surface area (Å²) in [6.45, 7) is 6.87. The summed E-state index contributed by atoms with van der Waals surface area (Å²) < 4.78 is 10.6. The summed E-state index contributed by atoms with van der Waals surface area (Å²) in [7, 11) is 0. The van der Waals surface area contributed by atoms with Gasteiger partial charge in [0.05, 0.1) is 11.5 Å². The third-order valence-corrected chi connectivity index (χ3v) is 3.05. The monoisotopic (exact) mass is 246 g/mol. The first-order valence-corrected chi connectivity index (χ1v) is 6.06.